The summed E-state index contributed by atoms with van der Waals surface area (Å²) in [7, 11) is 0. The fourth-order valence-corrected chi connectivity index (χ4v) is 4.70. The van der Waals surface area contributed by atoms with Gasteiger partial charge in [0, 0.05) is 42.0 Å². The summed E-state index contributed by atoms with van der Waals surface area (Å²) in [6, 6.07) is 9.32. The molecule has 0 spiro atoms. The second kappa shape index (κ2) is 9.36. The van der Waals surface area contributed by atoms with Crippen molar-refractivity contribution >= 4 is 11.6 Å². The molecular formula is C25H32FN5O. The van der Waals surface area contributed by atoms with Gasteiger partial charge in [0.2, 0.25) is 5.91 Å². The highest BCUT2D eigenvalue weighted by Crippen LogP contribution is 2.33. The third kappa shape index (κ3) is 4.67. The van der Waals surface area contributed by atoms with Crippen LogP contribution in [0.1, 0.15) is 67.4 Å². The van der Waals surface area contributed by atoms with Gasteiger partial charge in [-0.1, -0.05) is 18.2 Å². The van der Waals surface area contributed by atoms with Crippen LogP contribution in [0, 0.1) is 19.7 Å². The lowest BCUT2D eigenvalue weighted by atomic mass is 10.1. The first-order valence-electron chi connectivity index (χ1n) is 11.5. The number of rotatable bonds is 7. The number of carbonyl (C=O) groups excluding carboxylic acids is 1. The van der Waals surface area contributed by atoms with E-state index in [9.17, 15) is 9.18 Å². The van der Waals surface area contributed by atoms with Crippen molar-refractivity contribution in [2.75, 3.05) is 6.54 Å². The minimum absolute atomic E-state index is 0.0507. The fraction of sp³-hybridized carbons (Fsp3) is 0.480. The summed E-state index contributed by atoms with van der Waals surface area (Å²) in [6.07, 6.45) is 3.13. The number of aromatic nitrogens is 3. The molecule has 0 aliphatic carbocycles. The molecular weight excluding hydrogens is 405 g/mol. The molecule has 1 unspecified atom stereocenters. The van der Waals surface area contributed by atoms with Crippen molar-refractivity contribution < 1.29 is 9.18 Å². The first kappa shape index (κ1) is 22.4. The monoisotopic (exact) mass is 437 g/mol. The summed E-state index contributed by atoms with van der Waals surface area (Å²) in [4.78, 5) is 19.2. The maximum atomic E-state index is 14.2. The second-order valence-electron chi connectivity index (χ2n) is 9.04. The fourth-order valence-electron chi connectivity index (χ4n) is 4.70. The Morgan fingerprint density at radius 2 is 2.06 bits per heavy atom. The van der Waals surface area contributed by atoms with Crippen LogP contribution in [0.5, 0.6) is 0 Å². The van der Waals surface area contributed by atoms with Crippen molar-refractivity contribution in [3.63, 3.8) is 0 Å². The van der Waals surface area contributed by atoms with E-state index >= 15 is 0 Å². The molecule has 170 valence electrons. The molecule has 0 radical (unpaired) electrons. The van der Waals surface area contributed by atoms with Crippen molar-refractivity contribution in [2.45, 2.75) is 72.0 Å². The zero-order valence-electron chi connectivity index (χ0n) is 19.4. The van der Waals surface area contributed by atoms with Crippen LogP contribution in [-0.4, -0.2) is 38.0 Å². The van der Waals surface area contributed by atoms with E-state index in [1.165, 1.54) is 6.07 Å². The molecule has 0 bridgehead atoms. The normalized spacial score (nSPS) is 16.9. The zero-order valence-corrected chi connectivity index (χ0v) is 19.4. The molecule has 4 rings (SSSR count). The molecule has 1 fully saturated rings. The maximum Gasteiger partial charge on any atom is 0.220 e. The van der Waals surface area contributed by atoms with E-state index in [0.717, 1.165) is 53.2 Å². The highest BCUT2D eigenvalue weighted by molar-refractivity contribution is 5.76. The Kier molecular flexibility index (Phi) is 6.55. The first-order chi connectivity index (χ1) is 15.3. The quantitative estimate of drug-likeness (QED) is 0.599. The van der Waals surface area contributed by atoms with Gasteiger partial charge in [-0.3, -0.25) is 9.69 Å². The lowest BCUT2D eigenvalue weighted by Gasteiger charge is -2.23. The Morgan fingerprint density at radius 1 is 1.28 bits per heavy atom. The predicted molar refractivity (Wildman–Crippen MR) is 123 cm³/mol. The van der Waals surface area contributed by atoms with Crippen molar-refractivity contribution in [2.24, 2.45) is 0 Å². The van der Waals surface area contributed by atoms with Crippen molar-refractivity contribution in [1.29, 1.82) is 0 Å². The smallest absolute Gasteiger partial charge is 0.220 e. The molecule has 6 nitrogen and oxygen atoms in total. The zero-order chi connectivity index (χ0) is 22.8. The van der Waals surface area contributed by atoms with Crippen molar-refractivity contribution in [3.8, 4) is 0 Å². The number of likely N-dealkylation sites (tertiary alicyclic amines) is 1. The average molecular weight is 438 g/mol. The van der Waals surface area contributed by atoms with E-state index in [1.54, 1.807) is 6.07 Å². The van der Waals surface area contributed by atoms with E-state index in [0.29, 0.717) is 19.4 Å². The molecule has 1 N–H and O–H groups in total. The number of benzene rings is 1. The van der Waals surface area contributed by atoms with Crippen LogP contribution in [0.4, 0.5) is 4.39 Å². The third-order valence-electron chi connectivity index (χ3n) is 6.27. The first-order valence-corrected chi connectivity index (χ1v) is 11.5. The summed E-state index contributed by atoms with van der Waals surface area (Å²) in [6.45, 7) is 9.47. The van der Waals surface area contributed by atoms with Crippen LogP contribution in [0.25, 0.3) is 5.65 Å². The van der Waals surface area contributed by atoms with Gasteiger partial charge in [-0.15, -0.1) is 0 Å². The molecule has 7 heteroatoms. The molecule has 0 saturated carbocycles. The number of fused-ring (bicyclic) bond motifs is 1. The second-order valence-corrected chi connectivity index (χ2v) is 9.04. The number of nitrogens with zero attached hydrogens (tertiary/aromatic N) is 4. The van der Waals surface area contributed by atoms with Gasteiger partial charge in [-0.25, -0.2) is 13.9 Å². The van der Waals surface area contributed by atoms with E-state index < -0.39 is 0 Å². The molecule has 3 heterocycles. The lowest BCUT2D eigenvalue weighted by molar-refractivity contribution is -0.121. The lowest BCUT2D eigenvalue weighted by Crippen LogP contribution is -2.30. The van der Waals surface area contributed by atoms with Gasteiger partial charge in [0.25, 0.3) is 0 Å². The molecule has 32 heavy (non-hydrogen) atoms. The van der Waals surface area contributed by atoms with Gasteiger partial charge in [0.15, 0.2) is 5.65 Å². The van der Waals surface area contributed by atoms with Gasteiger partial charge in [-0.05, 0) is 65.1 Å². The van der Waals surface area contributed by atoms with E-state index in [4.69, 9.17) is 10.1 Å². The number of halogens is 1. The highest BCUT2D eigenvalue weighted by Gasteiger charge is 2.29. The van der Waals surface area contributed by atoms with E-state index in [-0.39, 0.29) is 23.8 Å². The van der Waals surface area contributed by atoms with Crippen LogP contribution in [0.2, 0.25) is 0 Å². The van der Waals surface area contributed by atoms with Crippen molar-refractivity contribution in [1.82, 2.24) is 24.8 Å². The van der Waals surface area contributed by atoms with Gasteiger partial charge < -0.3 is 5.32 Å². The van der Waals surface area contributed by atoms with Crippen molar-refractivity contribution in [3.05, 3.63) is 64.4 Å². The van der Waals surface area contributed by atoms with Crippen LogP contribution >= 0.6 is 0 Å². The molecule has 1 aromatic carbocycles. The van der Waals surface area contributed by atoms with Gasteiger partial charge in [0.05, 0.1) is 11.7 Å². The molecule has 1 aliphatic rings. The Labute approximate surface area is 188 Å². The number of aryl methyl sites for hydroxylation is 2. The predicted octanol–water partition coefficient (Wildman–Crippen LogP) is 4.28. The summed E-state index contributed by atoms with van der Waals surface area (Å²) in [5.41, 5.74) is 5.55. The Balaban J connectivity index is 1.57. The number of carbonyl (C=O) groups is 1. The molecule has 2 aromatic heterocycles. The maximum absolute atomic E-state index is 14.2. The number of amides is 1. The average Bonchev–Trinajstić information content (AvgIpc) is 3.35. The van der Waals surface area contributed by atoms with Gasteiger partial charge >= 0.3 is 0 Å². The molecule has 3 aromatic rings. The SMILES string of the molecule is Cc1nc2cc(C3CCCN3Cc3ccccc3F)nn2c(C)c1CCC(=O)NC(C)C. The Bertz CT molecular complexity index is 1120. The topological polar surface area (TPSA) is 62.5 Å². The van der Waals surface area contributed by atoms with Gasteiger partial charge in [0.1, 0.15) is 5.82 Å². The van der Waals surface area contributed by atoms with Gasteiger partial charge in [-0.2, -0.15) is 5.10 Å². The third-order valence-corrected chi connectivity index (χ3v) is 6.27. The molecule has 1 atom stereocenters. The summed E-state index contributed by atoms with van der Waals surface area (Å²) in [5.74, 6) is -0.109. The number of hydrogen-bond acceptors (Lipinski definition) is 4. The molecule has 1 amide bonds. The summed E-state index contributed by atoms with van der Waals surface area (Å²) in [5, 5.41) is 7.85. The molecule has 1 aliphatic heterocycles. The minimum Gasteiger partial charge on any atom is -0.354 e. The van der Waals surface area contributed by atoms with Crippen LogP contribution < -0.4 is 5.32 Å². The highest BCUT2D eigenvalue weighted by atomic mass is 19.1. The standard InChI is InChI=1S/C25H32FN5O/c1-16(2)27-25(32)12-11-20-17(3)28-24-14-22(29-31(24)18(20)4)23-10-7-13-30(23)15-19-8-5-6-9-21(19)26/h5-6,8-9,14,16,23H,7,10-13,15H2,1-4H3,(H,27,32). The van der Waals surface area contributed by atoms with Crippen LogP contribution in [0.15, 0.2) is 30.3 Å². The number of nitrogens with one attached hydrogen (secondary N) is 1. The van der Waals surface area contributed by atoms with E-state index in [2.05, 4.69) is 16.3 Å². The van der Waals surface area contributed by atoms with E-state index in [1.807, 2.05) is 44.3 Å². The van der Waals surface area contributed by atoms with Crippen LogP contribution in [-0.2, 0) is 17.8 Å². The number of hydrogen-bond donors (Lipinski definition) is 1. The Hall–Kier alpha value is -2.80. The summed E-state index contributed by atoms with van der Waals surface area (Å²) < 4.78 is 16.1. The summed E-state index contributed by atoms with van der Waals surface area (Å²) >= 11 is 0. The molecule has 1 saturated heterocycles. The van der Waals surface area contributed by atoms with Crippen LogP contribution in [0.3, 0.4) is 0 Å². The minimum atomic E-state index is -0.160. The Morgan fingerprint density at radius 3 is 2.81 bits per heavy atom. The largest absolute Gasteiger partial charge is 0.354 e.